The molecule has 0 bridgehead atoms. The first-order chi connectivity index (χ1) is 8.97. The topological polar surface area (TPSA) is 68.0 Å². The van der Waals surface area contributed by atoms with Crippen LogP contribution in [0.3, 0.4) is 0 Å². The summed E-state index contributed by atoms with van der Waals surface area (Å²) < 4.78 is 13.1. The summed E-state index contributed by atoms with van der Waals surface area (Å²) in [4.78, 5) is 16.3. The molecule has 0 atom stereocenters. The van der Waals surface area contributed by atoms with Crippen LogP contribution in [0, 0.1) is 5.82 Å². The Morgan fingerprint density at radius 1 is 1.47 bits per heavy atom. The van der Waals surface area contributed by atoms with Crippen LogP contribution >= 0.6 is 11.3 Å². The van der Waals surface area contributed by atoms with E-state index < -0.39 is 11.7 Å². The number of hydrogen-bond acceptors (Lipinski definition) is 4. The number of amides is 1. The summed E-state index contributed by atoms with van der Waals surface area (Å²) in [6.45, 7) is 4.04. The molecule has 100 valence electrons. The smallest absolute Gasteiger partial charge is 0.259 e. The van der Waals surface area contributed by atoms with Gasteiger partial charge in [0.25, 0.3) is 5.91 Å². The van der Waals surface area contributed by atoms with Gasteiger partial charge in [-0.3, -0.25) is 10.1 Å². The molecule has 6 heteroatoms. The van der Waals surface area contributed by atoms with Crippen LogP contribution in [0.15, 0.2) is 23.6 Å². The molecule has 1 aromatic heterocycles. The van der Waals surface area contributed by atoms with Gasteiger partial charge in [0.2, 0.25) is 0 Å². The molecule has 0 spiro atoms. The van der Waals surface area contributed by atoms with E-state index in [1.807, 2.05) is 19.2 Å². The number of halogens is 1. The normalized spacial score (nSPS) is 10.7. The first-order valence-electron chi connectivity index (χ1n) is 5.79. The third kappa shape index (κ3) is 3.08. The van der Waals surface area contributed by atoms with Crippen molar-refractivity contribution in [3.63, 3.8) is 0 Å². The highest BCUT2D eigenvalue weighted by Gasteiger charge is 2.13. The van der Waals surface area contributed by atoms with Crippen molar-refractivity contribution in [2.24, 2.45) is 0 Å². The number of anilines is 2. The Morgan fingerprint density at radius 2 is 2.21 bits per heavy atom. The lowest BCUT2D eigenvalue weighted by Crippen LogP contribution is -2.14. The predicted octanol–water partition coefficient (Wildman–Crippen LogP) is 3.24. The summed E-state index contributed by atoms with van der Waals surface area (Å²) in [7, 11) is 0. The van der Waals surface area contributed by atoms with Crippen LogP contribution in [-0.2, 0) is 0 Å². The molecule has 1 amide bonds. The summed E-state index contributed by atoms with van der Waals surface area (Å²) in [6, 6.07) is 3.69. The molecule has 1 aromatic carbocycles. The summed E-state index contributed by atoms with van der Waals surface area (Å²) in [6.07, 6.45) is 0. The van der Waals surface area contributed by atoms with Crippen LogP contribution in [0.1, 0.15) is 35.8 Å². The number of nitrogens with zero attached hydrogens (tertiary/aromatic N) is 1. The Morgan fingerprint density at radius 3 is 2.84 bits per heavy atom. The molecule has 0 fully saturated rings. The molecule has 2 rings (SSSR count). The van der Waals surface area contributed by atoms with Crippen LogP contribution in [0.25, 0.3) is 0 Å². The van der Waals surface area contributed by atoms with Crippen LogP contribution in [0.5, 0.6) is 0 Å². The first kappa shape index (κ1) is 13.5. The Labute approximate surface area is 114 Å². The van der Waals surface area contributed by atoms with E-state index in [4.69, 9.17) is 5.73 Å². The molecule has 0 aliphatic heterocycles. The van der Waals surface area contributed by atoms with Gasteiger partial charge in [-0.1, -0.05) is 13.8 Å². The number of nitrogens with one attached hydrogen (secondary N) is 1. The van der Waals surface area contributed by atoms with E-state index in [-0.39, 0.29) is 11.3 Å². The van der Waals surface area contributed by atoms with Gasteiger partial charge in [0.05, 0.1) is 11.3 Å². The quantitative estimate of drug-likeness (QED) is 0.847. The van der Waals surface area contributed by atoms with Gasteiger partial charge >= 0.3 is 0 Å². The second kappa shape index (κ2) is 5.36. The lowest BCUT2D eigenvalue weighted by Gasteiger charge is -2.05. The van der Waals surface area contributed by atoms with Crippen LogP contribution in [0.4, 0.5) is 15.2 Å². The highest BCUT2D eigenvalue weighted by molar-refractivity contribution is 7.14. The molecule has 3 N–H and O–H groups in total. The van der Waals surface area contributed by atoms with Crippen molar-refractivity contribution >= 4 is 28.1 Å². The Hall–Kier alpha value is -1.95. The molecule has 0 aliphatic carbocycles. The minimum atomic E-state index is -0.499. The monoisotopic (exact) mass is 279 g/mol. The number of aromatic nitrogens is 1. The minimum absolute atomic E-state index is 0.112. The Balaban J connectivity index is 2.18. The van der Waals surface area contributed by atoms with Crippen LogP contribution in [0.2, 0.25) is 0 Å². The first-order valence-corrected chi connectivity index (χ1v) is 6.67. The SMILES string of the molecule is CC(C)c1csc(NC(=O)c2cc(F)ccc2N)n1. The maximum absolute atomic E-state index is 13.1. The second-order valence-corrected chi connectivity index (χ2v) is 5.28. The van der Waals surface area contributed by atoms with Crippen molar-refractivity contribution in [2.75, 3.05) is 11.1 Å². The van der Waals surface area contributed by atoms with E-state index in [0.29, 0.717) is 11.0 Å². The number of rotatable bonds is 3. The third-order valence-electron chi connectivity index (χ3n) is 2.59. The van der Waals surface area contributed by atoms with E-state index >= 15 is 0 Å². The van der Waals surface area contributed by atoms with E-state index in [1.54, 1.807) is 0 Å². The Bertz CT molecular complexity index is 610. The highest BCUT2D eigenvalue weighted by Crippen LogP contribution is 2.23. The van der Waals surface area contributed by atoms with Gasteiger partial charge in [-0.2, -0.15) is 0 Å². The largest absolute Gasteiger partial charge is 0.398 e. The van der Waals surface area contributed by atoms with Crippen molar-refractivity contribution in [3.8, 4) is 0 Å². The fraction of sp³-hybridized carbons (Fsp3) is 0.231. The molecule has 2 aromatic rings. The number of benzene rings is 1. The Kier molecular flexibility index (Phi) is 3.80. The lowest BCUT2D eigenvalue weighted by molar-refractivity contribution is 0.102. The molecule has 0 aliphatic rings. The maximum Gasteiger partial charge on any atom is 0.259 e. The average molecular weight is 279 g/mol. The molecule has 0 saturated carbocycles. The highest BCUT2D eigenvalue weighted by atomic mass is 32.1. The van der Waals surface area contributed by atoms with Crippen LogP contribution < -0.4 is 11.1 Å². The van der Waals surface area contributed by atoms with Crippen molar-refractivity contribution in [1.29, 1.82) is 0 Å². The zero-order chi connectivity index (χ0) is 14.0. The molecular formula is C13H14FN3OS. The van der Waals surface area contributed by atoms with Crippen molar-refractivity contribution in [2.45, 2.75) is 19.8 Å². The standard InChI is InChI=1S/C13H14FN3OS/c1-7(2)11-6-19-13(16-11)17-12(18)9-5-8(14)3-4-10(9)15/h3-7H,15H2,1-2H3,(H,16,17,18). The fourth-order valence-corrected chi connectivity index (χ4v) is 2.37. The van der Waals surface area contributed by atoms with E-state index in [0.717, 1.165) is 11.8 Å². The summed E-state index contributed by atoms with van der Waals surface area (Å²) >= 11 is 1.33. The second-order valence-electron chi connectivity index (χ2n) is 4.42. The van der Waals surface area contributed by atoms with Gasteiger partial charge in [-0.05, 0) is 24.1 Å². The van der Waals surface area contributed by atoms with Gasteiger partial charge in [-0.15, -0.1) is 11.3 Å². The number of nitrogen functional groups attached to an aromatic ring is 1. The average Bonchev–Trinajstić information content (AvgIpc) is 2.80. The minimum Gasteiger partial charge on any atom is -0.398 e. The van der Waals surface area contributed by atoms with Crippen molar-refractivity contribution in [3.05, 3.63) is 40.7 Å². The lowest BCUT2D eigenvalue weighted by atomic mass is 10.1. The van der Waals surface area contributed by atoms with Gasteiger partial charge < -0.3 is 5.73 Å². The number of hydrogen-bond donors (Lipinski definition) is 2. The molecule has 0 unspecified atom stereocenters. The number of thiazole rings is 1. The molecule has 4 nitrogen and oxygen atoms in total. The van der Waals surface area contributed by atoms with Crippen molar-refractivity contribution < 1.29 is 9.18 Å². The molecule has 0 saturated heterocycles. The van der Waals surface area contributed by atoms with Gasteiger partial charge in [0.15, 0.2) is 5.13 Å². The molecule has 1 heterocycles. The number of nitrogens with two attached hydrogens (primary N) is 1. The van der Waals surface area contributed by atoms with Crippen molar-refractivity contribution in [1.82, 2.24) is 4.98 Å². The maximum atomic E-state index is 13.1. The predicted molar refractivity (Wildman–Crippen MR) is 75.0 cm³/mol. The molecule has 0 radical (unpaired) electrons. The summed E-state index contributed by atoms with van der Waals surface area (Å²) in [5.74, 6) is -0.663. The number of carbonyl (C=O) groups excluding carboxylic acids is 1. The van der Waals surface area contributed by atoms with Gasteiger partial charge in [-0.25, -0.2) is 9.37 Å². The van der Waals surface area contributed by atoms with E-state index in [1.165, 1.54) is 23.5 Å². The third-order valence-corrected chi connectivity index (χ3v) is 3.37. The summed E-state index contributed by atoms with van der Waals surface area (Å²) in [5.41, 5.74) is 6.91. The number of carbonyl (C=O) groups is 1. The summed E-state index contributed by atoms with van der Waals surface area (Å²) in [5, 5.41) is 4.99. The zero-order valence-electron chi connectivity index (χ0n) is 10.6. The van der Waals surface area contributed by atoms with Gasteiger partial charge in [0.1, 0.15) is 5.82 Å². The molecule has 19 heavy (non-hydrogen) atoms. The van der Waals surface area contributed by atoms with E-state index in [2.05, 4.69) is 10.3 Å². The fourth-order valence-electron chi connectivity index (χ4n) is 1.50. The molecular weight excluding hydrogens is 265 g/mol. The van der Waals surface area contributed by atoms with Gasteiger partial charge in [0, 0.05) is 11.1 Å². The van der Waals surface area contributed by atoms with E-state index in [9.17, 15) is 9.18 Å². The van der Waals surface area contributed by atoms with Crippen LogP contribution in [-0.4, -0.2) is 10.9 Å². The zero-order valence-corrected chi connectivity index (χ0v) is 11.4.